The molecule has 0 fully saturated rings. The normalized spacial score (nSPS) is 9.89. The molecule has 0 radical (unpaired) electrons. The van der Waals surface area contributed by atoms with Crippen molar-refractivity contribution in [3.8, 4) is 5.75 Å². The Balaban J connectivity index is 3.25. The Kier molecular flexibility index (Phi) is 1.02. The van der Waals surface area contributed by atoms with Gasteiger partial charge in [0, 0.05) is 7.05 Å². The maximum Gasteiger partial charge on any atom is 0.247 e. The fourth-order valence-corrected chi connectivity index (χ4v) is 0.598. The number of hydrogen-bond donors (Lipinski definition) is 1. The fourth-order valence-electron chi connectivity index (χ4n) is 0.598. The van der Waals surface area contributed by atoms with E-state index in [0.717, 1.165) is 0 Å². The molecule has 0 aliphatic carbocycles. The lowest BCUT2D eigenvalue weighted by atomic mass is 10.2. The van der Waals surface area contributed by atoms with Gasteiger partial charge in [0.2, 0.25) is 10.9 Å². The van der Waals surface area contributed by atoms with E-state index in [-0.39, 0.29) is 5.69 Å². The third-order valence-corrected chi connectivity index (χ3v) is 1.12. The number of anilines is 1. The van der Waals surface area contributed by atoms with Gasteiger partial charge in [0.1, 0.15) is 0 Å². The largest absolute Gasteiger partial charge is 0.868 e. The molecule has 0 bridgehead atoms. The molecule has 4 nitrogen and oxygen atoms in total. The van der Waals surface area contributed by atoms with E-state index in [0.29, 0.717) is 0 Å². The Bertz CT molecular complexity index is 295. The summed E-state index contributed by atoms with van der Waals surface area (Å²) < 4.78 is 0. The van der Waals surface area contributed by atoms with Gasteiger partial charge in [0.25, 0.3) is 0 Å². The molecule has 1 aromatic rings. The highest BCUT2D eigenvalue weighted by Gasteiger charge is 2.09. The Hall–Kier alpha value is -1.32. The molecule has 0 atom stereocenters. The predicted molar refractivity (Wildman–Crippen MR) is 30.3 cm³/mol. The molecule has 0 saturated carbocycles. The predicted octanol–water partition coefficient (Wildman–Crippen LogP) is -1.60. The third-order valence-electron chi connectivity index (χ3n) is 1.12. The minimum Gasteiger partial charge on any atom is -0.868 e. The third kappa shape index (κ3) is 0.526. The van der Waals surface area contributed by atoms with Gasteiger partial charge in [0.05, 0.1) is 5.69 Å². The standard InChI is InChI=1S/C5H5NO3/c1-6-2-3(7)5(9)4(2)8/h6-7H,1H3/p-1. The van der Waals surface area contributed by atoms with Crippen LogP contribution in [0, 0.1) is 0 Å². The smallest absolute Gasteiger partial charge is 0.247 e. The first-order valence-electron chi connectivity index (χ1n) is 2.36. The van der Waals surface area contributed by atoms with E-state index in [1.807, 2.05) is 0 Å². The van der Waals surface area contributed by atoms with Crippen molar-refractivity contribution in [2.75, 3.05) is 12.4 Å². The van der Waals surface area contributed by atoms with Crippen molar-refractivity contribution in [2.45, 2.75) is 0 Å². The van der Waals surface area contributed by atoms with Crippen LogP contribution < -0.4 is 21.3 Å². The van der Waals surface area contributed by atoms with E-state index in [1.165, 1.54) is 7.05 Å². The van der Waals surface area contributed by atoms with Crippen LogP contribution in [-0.2, 0) is 0 Å². The zero-order valence-electron chi connectivity index (χ0n) is 4.72. The summed E-state index contributed by atoms with van der Waals surface area (Å²) in [5.41, 5.74) is -1.72. The highest BCUT2D eigenvalue weighted by atomic mass is 16.3. The second-order valence-corrected chi connectivity index (χ2v) is 1.61. The molecule has 1 aromatic carbocycles. The van der Waals surface area contributed by atoms with Crippen molar-refractivity contribution in [2.24, 2.45) is 0 Å². The van der Waals surface area contributed by atoms with Crippen molar-refractivity contribution in [1.82, 2.24) is 0 Å². The van der Waals surface area contributed by atoms with Crippen molar-refractivity contribution in [3.63, 3.8) is 0 Å². The topological polar surface area (TPSA) is 69.2 Å². The summed E-state index contributed by atoms with van der Waals surface area (Å²) in [5.74, 6) is -0.706. The monoisotopic (exact) mass is 126 g/mol. The van der Waals surface area contributed by atoms with E-state index in [1.54, 1.807) is 0 Å². The van der Waals surface area contributed by atoms with Crippen LogP contribution >= 0.6 is 0 Å². The molecule has 0 unspecified atom stereocenters. The first-order valence-corrected chi connectivity index (χ1v) is 2.36. The fraction of sp³-hybridized carbons (Fsp3) is 0.200. The lowest BCUT2D eigenvalue weighted by Crippen LogP contribution is -2.36. The van der Waals surface area contributed by atoms with Gasteiger partial charge in [0.15, 0.2) is 0 Å². The molecule has 48 valence electrons. The Morgan fingerprint density at radius 2 is 1.89 bits per heavy atom. The quantitative estimate of drug-likeness (QED) is 0.460. The molecule has 1 N–H and O–H groups in total. The number of nitrogens with one attached hydrogen (secondary N) is 1. The molecular formula is C5H4NO3-. The summed E-state index contributed by atoms with van der Waals surface area (Å²) >= 11 is 0. The molecule has 0 heterocycles. The second kappa shape index (κ2) is 1.58. The van der Waals surface area contributed by atoms with Gasteiger partial charge < -0.3 is 10.4 Å². The van der Waals surface area contributed by atoms with Gasteiger partial charge in [-0.15, -0.1) is 0 Å². The van der Waals surface area contributed by atoms with Crippen LogP contribution in [0.4, 0.5) is 5.69 Å². The van der Waals surface area contributed by atoms with Crippen LogP contribution in [0.5, 0.6) is 5.75 Å². The highest BCUT2D eigenvalue weighted by Crippen LogP contribution is 2.08. The average Bonchev–Trinajstić information content (AvgIpc) is 1.89. The minimum atomic E-state index is -0.917. The lowest BCUT2D eigenvalue weighted by Gasteiger charge is -2.12. The zero-order chi connectivity index (χ0) is 7.02. The minimum absolute atomic E-state index is 0.0972. The molecule has 0 aromatic heterocycles. The summed E-state index contributed by atoms with van der Waals surface area (Å²) in [6.07, 6.45) is 0. The van der Waals surface area contributed by atoms with Crippen LogP contribution in [0.3, 0.4) is 0 Å². The van der Waals surface area contributed by atoms with Gasteiger partial charge >= 0.3 is 0 Å². The van der Waals surface area contributed by atoms with Crippen LogP contribution in [0.1, 0.15) is 0 Å². The Labute approximate surface area is 50.4 Å². The summed E-state index contributed by atoms with van der Waals surface area (Å²) in [7, 11) is 1.43. The Morgan fingerprint density at radius 1 is 1.33 bits per heavy atom. The van der Waals surface area contributed by atoms with Crippen LogP contribution in [-0.4, -0.2) is 7.05 Å². The highest BCUT2D eigenvalue weighted by molar-refractivity contribution is 5.59. The number of hydrogen-bond acceptors (Lipinski definition) is 4. The van der Waals surface area contributed by atoms with Crippen LogP contribution in [0.25, 0.3) is 0 Å². The number of rotatable bonds is 1. The van der Waals surface area contributed by atoms with Crippen molar-refractivity contribution in [3.05, 3.63) is 20.4 Å². The molecule has 0 spiro atoms. The SMILES string of the molecule is CNc1c([O-])c(=O)c1=O. The second-order valence-electron chi connectivity index (χ2n) is 1.61. The van der Waals surface area contributed by atoms with Gasteiger partial charge in [-0.25, -0.2) is 0 Å². The molecule has 0 aliphatic heterocycles. The van der Waals surface area contributed by atoms with Gasteiger partial charge in [-0.05, 0) is 5.75 Å². The van der Waals surface area contributed by atoms with Gasteiger partial charge in [-0.3, -0.25) is 9.59 Å². The molecular weight excluding hydrogens is 122 g/mol. The van der Waals surface area contributed by atoms with E-state index in [2.05, 4.69) is 5.32 Å². The van der Waals surface area contributed by atoms with E-state index in [4.69, 9.17) is 0 Å². The van der Waals surface area contributed by atoms with Crippen molar-refractivity contribution < 1.29 is 5.11 Å². The Morgan fingerprint density at radius 3 is 2.11 bits per heavy atom. The van der Waals surface area contributed by atoms with E-state index >= 15 is 0 Å². The molecule has 9 heavy (non-hydrogen) atoms. The molecule has 1 rings (SSSR count). The van der Waals surface area contributed by atoms with Crippen LogP contribution in [0.2, 0.25) is 0 Å². The maximum absolute atomic E-state index is 10.3. The summed E-state index contributed by atoms with van der Waals surface area (Å²) in [5, 5.41) is 12.7. The van der Waals surface area contributed by atoms with E-state index < -0.39 is 16.6 Å². The van der Waals surface area contributed by atoms with E-state index in [9.17, 15) is 14.7 Å². The van der Waals surface area contributed by atoms with Crippen molar-refractivity contribution in [1.29, 1.82) is 0 Å². The first kappa shape index (κ1) is 5.81. The average molecular weight is 126 g/mol. The summed E-state index contributed by atoms with van der Waals surface area (Å²) in [4.78, 5) is 20.5. The molecule has 0 aliphatic rings. The molecule has 0 saturated heterocycles. The molecule has 4 heteroatoms. The van der Waals surface area contributed by atoms with Gasteiger partial charge in [-0.1, -0.05) is 0 Å². The van der Waals surface area contributed by atoms with Gasteiger partial charge in [-0.2, -0.15) is 0 Å². The molecule has 0 amide bonds. The van der Waals surface area contributed by atoms with Crippen molar-refractivity contribution >= 4 is 5.69 Å². The summed E-state index contributed by atoms with van der Waals surface area (Å²) in [6, 6.07) is 0. The first-order chi connectivity index (χ1) is 4.18. The lowest BCUT2D eigenvalue weighted by molar-refractivity contribution is -0.270. The summed E-state index contributed by atoms with van der Waals surface area (Å²) in [6.45, 7) is 0. The zero-order valence-corrected chi connectivity index (χ0v) is 4.72. The van der Waals surface area contributed by atoms with Crippen LogP contribution in [0.15, 0.2) is 9.59 Å². The maximum atomic E-state index is 10.3.